The summed E-state index contributed by atoms with van der Waals surface area (Å²) in [6.45, 7) is 0. The molecule has 9 rings (SSSR count). The van der Waals surface area contributed by atoms with Gasteiger partial charge in [0.05, 0.1) is 22.6 Å². The van der Waals surface area contributed by atoms with E-state index in [0.717, 1.165) is 55.9 Å². The van der Waals surface area contributed by atoms with Gasteiger partial charge >= 0.3 is 0 Å². The highest BCUT2D eigenvalue weighted by Crippen LogP contribution is 2.54. The van der Waals surface area contributed by atoms with Crippen LogP contribution in [-0.4, -0.2) is 19.5 Å². The molecule has 8 aromatic rings. The second-order valence-corrected chi connectivity index (χ2v) is 11.3. The lowest BCUT2D eigenvalue weighted by Gasteiger charge is -2.26. The summed E-state index contributed by atoms with van der Waals surface area (Å²) in [6, 6.07) is 56.8. The van der Waals surface area contributed by atoms with E-state index in [1.807, 2.05) is 60.7 Å². The van der Waals surface area contributed by atoms with Crippen molar-refractivity contribution in [2.45, 2.75) is 0 Å². The van der Waals surface area contributed by atoms with E-state index in [0.29, 0.717) is 17.6 Å². The molecule has 5 nitrogen and oxygen atoms in total. The predicted molar refractivity (Wildman–Crippen MR) is 187 cm³/mol. The van der Waals surface area contributed by atoms with Gasteiger partial charge in [0.15, 0.2) is 11.6 Å². The highest BCUT2D eigenvalue weighted by Gasteiger charge is 2.32. The quantitative estimate of drug-likeness (QED) is 0.205. The molecule has 0 amide bonds. The molecule has 46 heavy (non-hydrogen) atoms. The van der Waals surface area contributed by atoms with Crippen LogP contribution in [0.25, 0.3) is 62.0 Å². The number of rotatable bonds is 4. The van der Waals surface area contributed by atoms with Gasteiger partial charge in [-0.3, -0.25) is 4.57 Å². The monoisotopic (exact) mass is 589 g/mol. The van der Waals surface area contributed by atoms with Crippen molar-refractivity contribution in [1.29, 1.82) is 0 Å². The van der Waals surface area contributed by atoms with Crippen molar-refractivity contribution in [1.82, 2.24) is 19.5 Å². The standard InChI is InChI=1S/C41H27N5/c1-4-16-28(17-5-1)39-42-40(29-18-6-2-7-19-29)44-41(43-39)46-36-27-15-13-25-34(36)38-37(46)33-24-11-10-22-31(33)32-23-12-14-26-35(32)45(38)30-20-8-3-9-21-30/h1-27H. The fraction of sp³-hybridized carbons (Fsp3) is 0. The van der Waals surface area contributed by atoms with Crippen molar-refractivity contribution < 1.29 is 0 Å². The number of para-hydroxylation sites is 3. The zero-order valence-electron chi connectivity index (χ0n) is 24.8. The van der Waals surface area contributed by atoms with Crippen molar-refractivity contribution in [2.24, 2.45) is 0 Å². The van der Waals surface area contributed by atoms with Crippen LogP contribution in [0.15, 0.2) is 164 Å². The van der Waals surface area contributed by atoms with Gasteiger partial charge in [0.2, 0.25) is 5.95 Å². The molecule has 0 spiro atoms. The number of nitrogens with zero attached hydrogens (tertiary/aromatic N) is 5. The van der Waals surface area contributed by atoms with Crippen LogP contribution in [0.1, 0.15) is 0 Å². The minimum Gasteiger partial charge on any atom is -0.307 e. The summed E-state index contributed by atoms with van der Waals surface area (Å²) in [6.07, 6.45) is 0. The van der Waals surface area contributed by atoms with E-state index < -0.39 is 0 Å². The van der Waals surface area contributed by atoms with Crippen LogP contribution in [0.4, 0.5) is 17.1 Å². The molecule has 1 aliphatic heterocycles. The van der Waals surface area contributed by atoms with Crippen LogP contribution in [0.3, 0.4) is 0 Å². The van der Waals surface area contributed by atoms with Crippen LogP contribution >= 0.6 is 0 Å². The van der Waals surface area contributed by atoms with E-state index >= 15 is 0 Å². The second kappa shape index (κ2) is 10.7. The molecule has 6 aromatic carbocycles. The van der Waals surface area contributed by atoms with Crippen molar-refractivity contribution in [2.75, 3.05) is 4.90 Å². The number of hydrogen-bond acceptors (Lipinski definition) is 4. The minimum atomic E-state index is 0.568. The largest absolute Gasteiger partial charge is 0.307 e. The third kappa shape index (κ3) is 4.14. The summed E-state index contributed by atoms with van der Waals surface area (Å²) in [4.78, 5) is 17.8. The van der Waals surface area contributed by atoms with E-state index in [2.05, 4.69) is 113 Å². The zero-order valence-corrected chi connectivity index (χ0v) is 24.8. The molecule has 0 bridgehead atoms. The summed E-state index contributed by atoms with van der Waals surface area (Å²) < 4.78 is 2.23. The number of anilines is 3. The Hall–Kier alpha value is -6.33. The lowest BCUT2D eigenvalue weighted by atomic mass is 9.97. The Morgan fingerprint density at radius 3 is 1.61 bits per heavy atom. The Balaban J connectivity index is 1.44. The normalized spacial score (nSPS) is 11.9. The lowest BCUT2D eigenvalue weighted by Crippen LogP contribution is -2.11. The highest BCUT2D eigenvalue weighted by molar-refractivity contribution is 6.12. The molecule has 3 heterocycles. The van der Waals surface area contributed by atoms with Crippen molar-refractivity contribution in [3.63, 3.8) is 0 Å². The van der Waals surface area contributed by atoms with E-state index in [9.17, 15) is 0 Å². The molecule has 5 heteroatoms. The van der Waals surface area contributed by atoms with E-state index in [-0.39, 0.29) is 0 Å². The maximum atomic E-state index is 5.20. The average molecular weight is 590 g/mol. The first-order valence-electron chi connectivity index (χ1n) is 15.4. The fourth-order valence-corrected chi connectivity index (χ4v) is 6.59. The van der Waals surface area contributed by atoms with Gasteiger partial charge in [0, 0.05) is 33.3 Å². The molecule has 2 aromatic heterocycles. The molecular formula is C41H27N5. The topological polar surface area (TPSA) is 46.8 Å². The van der Waals surface area contributed by atoms with Crippen molar-refractivity contribution in [3.05, 3.63) is 164 Å². The predicted octanol–water partition coefficient (Wildman–Crippen LogP) is 10.3. The number of benzene rings is 6. The molecule has 0 radical (unpaired) electrons. The van der Waals surface area contributed by atoms with Gasteiger partial charge in [0.1, 0.15) is 0 Å². The van der Waals surface area contributed by atoms with Crippen LogP contribution in [0, 0.1) is 0 Å². The number of aromatic nitrogens is 4. The molecule has 0 N–H and O–H groups in total. The minimum absolute atomic E-state index is 0.568. The van der Waals surface area contributed by atoms with Gasteiger partial charge in [-0.2, -0.15) is 9.97 Å². The van der Waals surface area contributed by atoms with Crippen LogP contribution in [-0.2, 0) is 0 Å². The summed E-state index contributed by atoms with van der Waals surface area (Å²) in [7, 11) is 0. The highest BCUT2D eigenvalue weighted by atomic mass is 15.2. The SMILES string of the molecule is c1ccc(-c2nc(-c3ccccc3)nc(-n3c4c(c5ccccc53)N(c3ccccc3)c3ccccc3-c3ccccc3-4)n2)cc1. The van der Waals surface area contributed by atoms with Crippen LogP contribution in [0.5, 0.6) is 0 Å². The number of fused-ring (bicyclic) bond motifs is 7. The Labute approximate surface area is 266 Å². The first-order chi connectivity index (χ1) is 22.8. The summed E-state index contributed by atoms with van der Waals surface area (Å²) in [5, 5.41) is 1.11. The van der Waals surface area contributed by atoms with Gasteiger partial charge in [-0.05, 0) is 29.8 Å². The molecule has 0 aliphatic carbocycles. The molecule has 216 valence electrons. The van der Waals surface area contributed by atoms with Crippen LogP contribution < -0.4 is 4.90 Å². The van der Waals surface area contributed by atoms with Gasteiger partial charge < -0.3 is 4.90 Å². The van der Waals surface area contributed by atoms with Crippen molar-refractivity contribution >= 4 is 28.0 Å². The Kier molecular flexibility index (Phi) is 6.06. The first kappa shape index (κ1) is 26.1. The maximum Gasteiger partial charge on any atom is 0.238 e. The summed E-state index contributed by atoms with van der Waals surface area (Å²) in [5.74, 6) is 1.82. The number of hydrogen-bond donors (Lipinski definition) is 0. The summed E-state index contributed by atoms with van der Waals surface area (Å²) >= 11 is 0. The molecule has 1 aliphatic rings. The zero-order chi connectivity index (χ0) is 30.5. The smallest absolute Gasteiger partial charge is 0.238 e. The molecule has 0 saturated carbocycles. The second-order valence-electron chi connectivity index (χ2n) is 11.3. The van der Waals surface area contributed by atoms with Crippen LogP contribution in [0.2, 0.25) is 0 Å². The summed E-state index contributed by atoms with van der Waals surface area (Å²) in [5.41, 5.74) is 10.6. The van der Waals surface area contributed by atoms with Gasteiger partial charge in [-0.15, -0.1) is 0 Å². The molecule has 0 fully saturated rings. The molecular weight excluding hydrogens is 562 g/mol. The third-order valence-electron chi connectivity index (χ3n) is 8.59. The Bertz CT molecular complexity index is 2310. The first-order valence-corrected chi connectivity index (χ1v) is 15.4. The lowest BCUT2D eigenvalue weighted by molar-refractivity contribution is 0.938. The van der Waals surface area contributed by atoms with E-state index in [1.165, 1.54) is 5.56 Å². The van der Waals surface area contributed by atoms with Gasteiger partial charge in [-0.1, -0.05) is 140 Å². The molecule has 0 unspecified atom stereocenters. The van der Waals surface area contributed by atoms with E-state index in [1.54, 1.807) is 0 Å². The van der Waals surface area contributed by atoms with Crippen molar-refractivity contribution in [3.8, 4) is 51.1 Å². The van der Waals surface area contributed by atoms with Gasteiger partial charge in [0.25, 0.3) is 0 Å². The molecule has 0 saturated heterocycles. The van der Waals surface area contributed by atoms with Gasteiger partial charge in [-0.25, -0.2) is 4.98 Å². The molecule has 0 atom stereocenters. The fourth-order valence-electron chi connectivity index (χ4n) is 6.59. The third-order valence-corrected chi connectivity index (χ3v) is 8.59. The maximum absolute atomic E-state index is 5.20. The Morgan fingerprint density at radius 1 is 0.413 bits per heavy atom. The van der Waals surface area contributed by atoms with E-state index in [4.69, 9.17) is 15.0 Å². The average Bonchev–Trinajstić information content (AvgIpc) is 3.41. The Morgan fingerprint density at radius 2 is 0.935 bits per heavy atom.